The van der Waals surface area contributed by atoms with Crippen molar-refractivity contribution in [2.75, 3.05) is 0 Å². The molecule has 0 heterocycles. The molecule has 2 fully saturated rings. The Bertz CT molecular complexity index is 1010. The van der Waals surface area contributed by atoms with Crippen molar-refractivity contribution >= 4 is 22.8 Å². The Morgan fingerprint density at radius 2 is 1.13 bits per heavy atom. The number of hydrogen-bond acceptors (Lipinski definition) is 6. The van der Waals surface area contributed by atoms with E-state index in [1.165, 1.54) is 0 Å². The predicted octanol–water partition coefficient (Wildman–Crippen LogP) is 5.49. The molecule has 2 aromatic rings. The van der Waals surface area contributed by atoms with E-state index in [0.717, 1.165) is 36.8 Å². The van der Waals surface area contributed by atoms with E-state index >= 15 is 0 Å². The van der Waals surface area contributed by atoms with Crippen LogP contribution in [-0.4, -0.2) is 21.3 Å². The van der Waals surface area contributed by atoms with Gasteiger partial charge in [-0.2, -0.15) is 10.2 Å². The van der Waals surface area contributed by atoms with Gasteiger partial charge in [-0.3, -0.25) is 20.2 Å². The van der Waals surface area contributed by atoms with Crippen LogP contribution < -0.4 is 0 Å². The molecular weight excluding hydrogens is 384 g/mol. The van der Waals surface area contributed by atoms with Gasteiger partial charge in [0.05, 0.1) is 21.3 Å². The molecule has 154 valence electrons. The summed E-state index contributed by atoms with van der Waals surface area (Å²) in [6.45, 7) is 3.48. The van der Waals surface area contributed by atoms with E-state index < -0.39 is 0 Å². The van der Waals surface area contributed by atoms with E-state index in [4.69, 9.17) is 0 Å². The quantitative estimate of drug-likeness (QED) is 0.344. The summed E-state index contributed by atoms with van der Waals surface area (Å²) in [4.78, 5) is 22.2. The van der Waals surface area contributed by atoms with Crippen molar-refractivity contribution in [3.63, 3.8) is 0 Å². The van der Waals surface area contributed by atoms with Crippen molar-refractivity contribution in [1.82, 2.24) is 0 Å². The van der Waals surface area contributed by atoms with E-state index in [9.17, 15) is 20.2 Å². The number of nitrogens with zero attached hydrogens (tertiary/aromatic N) is 4. The van der Waals surface area contributed by atoms with E-state index in [0.29, 0.717) is 22.6 Å². The van der Waals surface area contributed by atoms with Crippen LogP contribution in [0.5, 0.6) is 0 Å². The summed E-state index contributed by atoms with van der Waals surface area (Å²) in [6, 6.07) is 10.4. The molecule has 2 aliphatic rings. The molecule has 0 amide bonds. The van der Waals surface area contributed by atoms with Gasteiger partial charge >= 0.3 is 0 Å². The zero-order valence-corrected chi connectivity index (χ0v) is 16.9. The smallest absolute Gasteiger partial charge is 0.258 e. The van der Waals surface area contributed by atoms with Crippen molar-refractivity contribution in [3.8, 4) is 0 Å². The van der Waals surface area contributed by atoms with E-state index in [1.807, 2.05) is 12.1 Å². The van der Waals surface area contributed by atoms with Crippen LogP contribution in [0.25, 0.3) is 0 Å². The SMILES string of the molecule is C/C(=N/N=C(\C)c1ccc(C2CC2)c([N+](=O)[O-])c1)c1ccc(C2CC2)c([N+](=O)[O-])c1. The topological polar surface area (TPSA) is 111 Å². The third-order valence-corrected chi connectivity index (χ3v) is 5.67. The van der Waals surface area contributed by atoms with Crippen molar-refractivity contribution in [2.24, 2.45) is 10.2 Å². The second-order valence-corrected chi connectivity index (χ2v) is 7.98. The van der Waals surface area contributed by atoms with Crippen LogP contribution >= 0.6 is 0 Å². The zero-order chi connectivity index (χ0) is 21.4. The Morgan fingerprint density at radius 1 is 0.767 bits per heavy atom. The molecule has 30 heavy (non-hydrogen) atoms. The van der Waals surface area contributed by atoms with Gasteiger partial charge in [-0.25, -0.2) is 0 Å². The summed E-state index contributed by atoms with van der Waals surface area (Å²) < 4.78 is 0. The van der Waals surface area contributed by atoms with Gasteiger partial charge < -0.3 is 0 Å². The maximum absolute atomic E-state index is 11.4. The average Bonchev–Trinajstić information content (AvgIpc) is 3.64. The minimum Gasteiger partial charge on any atom is -0.258 e. The summed E-state index contributed by atoms with van der Waals surface area (Å²) in [7, 11) is 0. The molecule has 0 atom stereocenters. The van der Waals surface area contributed by atoms with Crippen LogP contribution in [0.15, 0.2) is 46.6 Å². The van der Waals surface area contributed by atoms with Gasteiger partial charge in [-0.15, -0.1) is 0 Å². The number of rotatable bonds is 7. The highest BCUT2D eigenvalue weighted by Gasteiger charge is 2.31. The van der Waals surface area contributed by atoms with Crippen LogP contribution in [0.1, 0.15) is 73.6 Å². The Kier molecular flexibility index (Phi) is 5.15. The van der Waals surface area contributed by atoms with Gasteiger partial charge in [0.25, 0.3) is 11.4 Å². The lowest BCUT2D eigenvalue weighted by Crippen LogP contribution is -2.02. The van der Waals surface area contributed by atoms with Gasteiger partial charge in [0.2, 0.25) is 0 Å². The van der Waals surface area contributed by atoms with E-state index in [-0.39, 0.29) is 33.1 Å². The number of benzene rings is 2. The first-order chi connectivity index (χ1) is 14.3. The van der Waals surface area contributed by atoms with Gasteiger partial charge in [-0.05, 0) is 51.4 Å². The van der Waals surface area contributed by atoms with Gasteiger partial charge in [-0.1, -0.05) is 24.3 Å². The lowest BCUT2D eigenvalue weighted by molar-refractivity contribution is -0.385. The lowest BCUT2D eigenvalue weighted by Gasteiger charge is -2.05. The molecule has 4 rings (SSSR count). The van der Waals surface area contributed by atoms with Crippen molar-refractivity contribution in [3.05, 3.63) is 78.9 Å². The Hall–Kier alpha value is -3.42. The standard InChI is InChI=1S/C22H22N4O4/c1-13(17-7-9-19(15-3-4-15)21(11-17)25(27)28)23-24-14(2)18-8-10-20(16-5-6-16)22(12-18)26(29)30/h7-12,15-16H,3-6H2,1-2H3/b23-13-,24-14+. The molecule has 0 N–H and O–H groups in total. The second kappa shape index (κ2) is 7.78. The van der Waals surface area contributed by atoms with E-state index in [1.54, 1.807) is 38.1 Å². The summed E-state index contributed by atoms with van der Waals surface area (Å²) in [6.07, 6.45) is 3.95. The predicted molar refractivity (Wildman–Crippen MR) is 115 cm³/mol. The van der Waals surface area contributed by atoms with Crippen molar-refractivity contribution < 1.29 is 9.85 Å². The van der Waals surface area contributed by atoms with Gasteiger partial charge in [0.15, 0.2) is 0 Å². The highest BCUT2D eigenvalue weighted by molar-refractivity contribution is 6.02. The average molecular weight is 406 g/mol. The van der Waals surface area contributed by atoms with Crippen LogP contribution in [-0.2, 0) is 0 Å². The van der Waals surface area contributed by atoms with Gasteiger partial charge in [0.1, 0.15) is 0 Å². The Labute approximate surface area is 173 Å². The molecule has 0 bridgehead atoms. The minimum atomic E-state index is -0.348. The molecule has 0 saturated heterocycles. The number of hydrogen-bond donors (Lipinski definition) is 0. The van der Waals surface area contributed by atoms with Crippen LogP contribution in [0.2, 0.25) is 0 Å². The summed E-state index contributed by atoms with van der Waals surface area (Å²) in [5, 5.41) is 31.3. The summed E-state index contributed by atoms with van der Waals surface area (Å²) in [5.74, 6) is 0.567. The number of nitro benzene ring substituents is 2. The van der Waals surface area contributed by atoms with Crippen LogP contribution in [0.4, 0.5) is 11.4 Å². The third-order valence-electron chi connectivity index (χ3n) is 5.67. The first-order valence-electron chi connectivity index (χ1n) is 10.0. The first kappa shape index (κ1) is 19.9. The fourth-order valence-electron chi connectivity index (χ4n) is 3.60. The fourth-order valence-corrected chi connectivity index (χ4v) is 3.60. The monoisotopic (exact) mass is 406 g/mol. The highest BCUT2D eigenvalue weighted by Crippen LogP contribution is 2.45. The zero-order valence-electron chi connectivity index (χ0n) is 16.9. The largest absolute Gasteiger partial charge is 0.273 e. The number of nitro groups is 2. The first-order valence-corrected chi connectivity index (χ1v) is 10.0. The van der Waals surface area contributed by atoms with E-state index in [2.05, 4.69) is 10.2 Å². The maximum atomic E-state index is 11.4. The highest BCUT2D eigenvalue weighted by atomic mass is 16.6. The molecule has 0 spiro atoms. The van der Waals surface area contributed by atoms with Crippen molar-refractivity contribution in [2.45, 2.75) is 51.4 Å². The molecule has 2 aromatic carbocycles. The molecule has 2 aliphatic carbocycles. The molecule has 0 unspecified atom stereocenters. The molecule has 8 nitrogen and oxygen atoms in total. The molecule has 0 aliphatic heterocycles. The Morgan fingerprint density at radius 3 is 1.43 bits per heavy atom. The summed E-state index contributed by atoms with van der Waals surface area (Å²) in [5.41, 5.74) is 4.16. The third kappa shape index (κ3) is 4.12. The molecule has 8 heteroatoms. The lowest BCUT2D eigenvalue weighted by atomic mass is 10.0. The fraction of sp³-hybridized carbons (Fsp3) is 0.364. The molecule has 2 saturated carbocycles. The second-order valence-electron chi connectivity index (χ2n) is 7.98. The van der Waals surface area contributed by atoms with Crippen LogP contribution in [0, 0.1) is 20.2 Å². The Balaban J connectivity index is 1.60. The van der Waals surface area contributed by atoms with Crippen LogP contribution in [0.3, 0.4) is 0 Å². The summed E-state index contributed by atoms with van der Waals surface area (Å²) >= 11 is 0. The molecule has 0 aromatic heterocycles. The molecule has 0 radical (unpaired) electrons. The normalized spacial score (nSPS) is 17.1. The molecular formula is C22H22N4O4. The van der Waals surface area contributed by atoms with Gasteiger partial charge in [0, 0.05) is 34.4 Å². The minimum absolute atomic E-state index is 0.122. The maximum Gasteiger partial charge on any atom is 0.273 e. The van der Waals surface area contributed by atoms with Crippen molar-refractivity contribution in [1.29, 1.82) is 0 Å².